The highest BCUT2D eigenvalue weighted by Gasteiger charge is 2.22. The molecule has 4 nitrogen and oxygen atoms in total. The molecule has 122 valence electrons. The van der Waals surface area contributed by atoms with Crippen LogP contribution in [-0.2, 0) is 6.42 Å². The van der Waals surface area contributed by atoms with Gasteiger partial charge >= 0.3 is 0 Å². The standard InChI is InChI=1S/C14H23N3OS.2ClH/c1-3-4-12-16-9(2)13(19-12)14(18)17-11-7-5-10(15)6-8-11;;/h10-11H,3-8,15H2,1-2H3,(H,17,18);2*1H. The molecule has 1 fully saturated rings. The number of aryl methyl sites for hydroxylation is 2. The fraction of sp³-hybridized carbons (Fsp3) is 0.714. The molecule has 1 aromatic heterocycles. The molecule has 0 bridgehead atoms. The first-order chi connectivity index (χ1) is 9.10. The summed E-state index contributed by atoms with van der Waals surface area (Å²) >= 11 is 1.53. The van der Waals surface area contributed by atoms with Gasteiger partial charge in [-0.25, -0.2) is 4.98 Å². The van der Waals surface area contributed by atoms with E-state index in [0.29, 0.717) is 6.04 Å². The number of amides is 1. The average Bonchev–Trinajstić information content (AvgIpc) is 2.74. The van der Waals surface area contributed by atoms with Crippen molar-refractivity contribution in [2.45, 2.75) is 64.5 Å². The van der Waals surface area contributed by atoms with Crippen LogP contribution < -0.4 is 11.1 Å². The lowest BCUT2D eigenvalue weighted by atomic mass is 9.92. The third-order valence-electron chi connectivity index (χ3n) is 3.62. The SMILES string of the molecule is CCCc1nc(C)c(C(=O)NC2CCC(N)CC2)s1.Cl.Cl. The maximum atomic E-state index is 12.3. The molecule has 7 heteroatoms. The number of aromatic nitrogens is 1. The molecule has 0 aromatic carbocycles. The van der Waals surface area contributed by atoms with Crippen LogP contribution in [0.15, 0.2) is 0 Å². The number of thiazole rings is 1. The Balaban J connectivity index is 0.00000200. The topological polar surface area (TPSA) is 68.0 Å². The lowest BCUT2D eigenvalue weighted by Gasteiger charge is -2.26. The lowest BCUT2D eigenvalue weighted by molar-refractivity contribution is 0.0929. The van der Waals surface area contributed by atoms with Crippen molar-refractivity contribution in [1.29, 1.82) is 0 Å². The number of nitrogens with zero attached hydrogens (tertiary/aromatic N) is 1. The molecule has 0 aliphatic heterocycles. The molecule has 0 radical (unpaired) electrons. The highest BCUT2D eigenvalue weighted by Crippen LogP contribution is 2.21. The first-order valence-corrected chi connectivity index (χ1v) is 7.94. The fourth-order valence-corrected chi connectivity index (χ4v) is 3.57. The van der Waals surface area contributed by atoms with Crippen molar-refractivity contribution in [2.75, 3.05) is 0 Å². The van der Waals surface area contributed by atoms with Crippen molar-refractivity contribution in [1.82, 2.24) is 10.3 Å². The normalized spacial score (nSPS) is 21.1. The Kier molecular flexibility index (Phi) is 9.45. The first kappa shape index (κ1) is 20.6. The van der Waals surface area contributed by atoms with Gasteiger partial charge in [-0.15, -0.1) is 36.2 Å². The zero-order valence-electron chi connectivity index (χ0n) is 12.6. The van der Waals surface area contributed by atoms with E-state index in [1.165, 1.54) is 11.3 Å². The maximum Gasteiger partial charge on any atom is 0.263 e. The van der Waals surface area contributed by atoms with Crippen LogP contribution in [-0.4, -0.2) is 23.0 Å². The highest BCUT2D eigenvalue weighted by atomic mass is 35.5. The van der Waals surface area contributed by atoms with E-state index in [-0.39, 0.29) is 36.8 Å². The molecule has 21 heavy (non-hydrogen) atoms. The van der Waals surface area contributed by atoms with Crippen molar-refractivity contribution in [2.24, 2.45) is 5.73 Å². The number of rotatable bonds is 4. The summed E-state index contributed by atoms with van der Waals surface area (Å²) < 4.78 is 0. The Labute approximate surface area is 143 Å². The Bertz CT molecular complexity index is 445. The minimum atomic E-state index is 0. The number of carbonyl (C=O) groups is 1. The molecule has 3 N–H and O–H groups in total. The minimum Gasteiger partial charge on any atom is -0.349 e. The van der Waals surface area contributed by atoms with Crippen LogP contribution in [0, 0.1) is 6.92 Å². The molecule has 1 aliphatic carbocycles. The maximum absolute atomic E-state index is 12.3. The predicted octanol–water partition coefficient (Wildman–Crippen LogP) is 3.25. The van der Waals surface area contributed by atoms with Crippen LogP contribution in [0.25, 0.3) is 0 Å². The van der Waals surface area contributed by atoms with E-state index < -0.39 is 0 Å². The van der Waals surface area contributed by atoms with Gasteiger partial charge in [-0.05, 0) is 45.4 Å². The van der Waals surface area contributed by atoms with E-state index >= 15 is 0 Å². The Morgan fingerprint density at radius 2 is 1.95 bits per heavy atom. The quantitative estimate of drug-likeness (QED) is 0.872. The Hall–Kier alpha value is -0.360. The van der Waals surface area contributed by atoms with Crippen molar-refractivity contribution < 1.29 is 4.79 Å². The van der Waals surface area contributed by atoms with Gasteiger partial charge in [0.05, 0.1) is 10.7 Å². The third kappa shape index (κ3) is 5.74. The number of halogens is 2. The second kappa shape index (κ2) is 9.62. The monoisotopic (exact) mass is 353 g/mol. The van der Waals surface area contributed by atoms with E-state index in [4.69, 9.17) is 5.73 Å². The second-order valence-electron chi connectivity index (χ2n) is 5.36. The molecule has 2 rings (SSSR count). The van der Waals surface area contributed by atoms with Crippen molar-refractivity contribution in [3.8, 4) is 0 Å². The van der Waals surface area contributed by atoms with E-state index in [9.17, 15) is 4.79 Å². The molecule has 0 spiro atoms. The van der Waals surface area contributed by atoms with Crippen molar-refractivity contribution in [3.05, 3.63) is 15.6 Å². The van der Waals surface area contributed by atoms with E-state index in [0.717, 1.165) is 54.1 Å². The summed E-state index contributed by atoms with van der Waals surface area (Å²) in [5, 5.41) is 4.19. The largest absolute Gasteiger partial charge is 0.349 e. The van der Waals surface area contributed by atoms with Crippen molar-refractivity contribution >= 4 is 42.1 Å². The van der Waals surface area contributed by atoms with Crippen molar-refractivity contribution in [3.63, 3.8) is 0 Å². The fourth-order valence-electron chi connectivity index (χ4n) is 2.50. The van der Waals surface area contributed by atoms with Gasteiger partial charge in [-0.3, -0.25) is 4.79 Å². The van der Waals surface area contributed by atoms with Gasteiger partial charge in [0.25, 0.3) is 5.91 Å². The van der Waals surface area contributed by atoms with Gasteiger partial charge in [-0.2, -0.15) is 0 Å². The lowest BCUT2D eigenvalue weighted by Crippen LogP contribution is -2.40. The molecule has 1 aliphatic rings. The summed E-state index contributed by atoms with van der Waals surface area (Å²) in [4.78, 5) is 17.5. The van der Waals surface area contributed by atoms with Crippen LogP contribution in [0.3, 0.4) is 0 Å². The molecule has 0 unspecified atom stereocenters. The molecular formula is C14H25Cl2N3OS. The summed E-state index contributed by atoms with van der Waals surface area (Å²) in [6.07, 6.45) is 6.02. The summed E-state index contributed by atoms with van der Waals surface area (Å²) in [6.45, 7) is 4.04. The van der Waals surface area contributed by atoms with Crippen LogP contribution >= 0.6 is 36.2 Å². The summed E-state index contributed by atoms with van der Waals surface area (Å²) in [5.41, 5.74) is 6.74. The summed E-state index contributed by atoms with van der Waals surface area (Å²) in [5.74, 6) is 0.0397. The minimum absolute atomic E-state index is 0. The summed E-state index contributed by atoms with van der Waals surface area (Å²) in [6, 6.07) is 0.595. The number of hydrogen-bond donors (Lipinski definition) is 2. The van der Waals surface area contributed by atoms with E-state index in [1.807, 2.05) is 6.92 Å². The number of nitrogens with one attached hydrogen (secondary N) is 1. The van der Waals surface area contributed by atoms with Gasteiger partial charge in [0.1, 0.15) is 4.88 Å². The van der Waals surface area contributed by atoms with Crippen LogP contribution in [0.2, 0.25) is 0 Å². The third-order valence-corrected chi connectivity index (χ3v) is 4.83. The average molecular weight is 354 g/mol. The van der Waals surface area contributed by atoms with Crippen LogP contribution in [0.4, 0.5) is 0 Å². The Morgan fingerprint density at radius 1 is 1.33 bits per heavy atom. The second-order valence-corrected chi connectivity index (χ2v) is 6.44. The molecule has 1 saturated carbocycles. The molecular weight excluding hydrogens is 329 g/mol. The number of hydrogen-bond acceptors (Lipinski definition) is 4. The van der Waals surface area contributed by atoms with Gasteiger partial charge in [-0.1, -0.05) is 6.92 Å². The summed E-state index contributed by atoms with van der Waals surface area (Å²) in [7, 11) is 0. The number of nitrogens with two attached hydrogens (primary N) is 1. The van der Waals surface area contributed by atoms with Crippen LogP contribution in [0.5, 0.6) is 0 Å². The number of carbonyl (C=O) groups excluding carboxylic acids is 1. The zero-order chi connectivity index (χ0) is 13.8. The molecule has 0 atom stereocenters. The van der Waals surface area contributed by atoms with Gasteiger partial charge in [0.15, 0.2) is 0 Å². The van der Waals surface area contributed by atoms with Crippen LogP contribution in [0.1, 0.15) is 59.4 Å². The first-order valence-electron chi connectivity index (χ1n) is 7.13. The van der Waals surface area contributed by atoms with Gasteiger partial charge in [0, 0.05) is 12.1 Å². The Morgan fingerprint density at radius 3 is 2.52 bits per heavy atom. The van der Waals surface area contributed by atoms with E-state index in [1.54, 1.807) is 0 Å². The van der Waals surface area contributed by atoms with E-state index in [2.05, 4.69) is 17.2 Å². The van der Waals surface area contributed by atoms with Gasteiger partial charge < -0.3 is 11.1 Å². The highest BCUT2D eigenvalue weighted by molar-refractivity contribution is 7.13. The molecule has 1 amide bonds. The van der Waals surface area contributed by atoms with Gasteiger partial charge in [0.2, 0.25) is 0 Å². The molecule has 1 aromatic rings. The molecule has 1 heterocycles. The predicted molar refractivity (Wildman–Crippen MR) is 93.0 cm³/mol. The molecule has 0 saturated heterocycles. The smallest absolute Gasteiger partial charge is 0.263 e. The zero-order valence-corrected chi connectivity index (χ0v) is 15.0.